The third kappa shape index (κ3) is 5.46. The van der Waals surface area contributed by atoms with Crippen LogP contribution in [-0.2, 0) is 37.8 Å². The largest absolute Gasteiger partial charge is 0.427 e. The first-order valence-electron chi connectivity index (χ1n) is 11.7. The molecule has 0 spiro atoms. The van der Waals surface area contributed by atoms with Crippen LogP contribution in [-0.4, -0.2) is 57.8 Å². The van der Waals surface area contributed by atoms with E-state index in [1.165, 1.54) is 31.5 Å². The van der Waals surface area contributed by atoms with E-state index in [0.717, 1.165) is 21.2 Å². The second-order valence-corrected chi connectivity index (χ2v) is 13.9. The molecule has 0 aliphatic carbocycles. The van der Waals surface area contributed by atoms with Gasteiger partial charge in [0, 0.05) is 34.1 Å². The van der Waals surface area contributed by atoms with Crippen LogP contribution in [0, 0.1) is 0 Å². The summed E-state index contributed by atoms with van der Waals surface area (Å²) in [5, 5.41) is 1.70. The van der Waals surface area contributed by atoms with E-state index in [1.54, 1.807) is 53.9 Å². The lowest BCUT2D eigenvalue weighted by molar-refractivity contribution is -0.134. The molecule has 0 atom stereocenters. The normalized spacial score (nSPS) is 12.2. The fourth-order valence-electron chi connectivity index (χ4n) is 3.88. The van der Waals surface area contributed by atoms with Crippen LogP contribution in [0.15, 0.2) is 69.1 Å². The van der Waals surface area contributed by atoms with Gasteiger partial charge in [0.05, 0.1) is 28.0 Å². The van der Waals surface area contributed by atoms with Gasteiger partial charge in [0.15, 0.2) is 0 Å². The highest BCUT2D eigenvalue weighted by atomic mass is 32.2. The highest BCUT2D eigenvalue weighted by molar-refractivity contribution is 7.94. The van der Waals surface area contributed by atoms with Crippen LogP contribution < -0.4 is 9.04 Å². The summed E-state index contributed by atoms with van der Waals surface area (Å²) >= 11 is 1.14. The van der Waals surface area contributed by atoms with Gasteiger partial charge < -0.3 is 9.30 Å². The predicted molar refractivity (Wildman–Crippen MR) is 147 cm³/mol. The molecule has 13 heteroatoms. The van der Waals surface area contributed by atoms with E-state index < -0.39 is 26.0 Å². The molecule has 0 radical (unpaired) electrons. The Morgan fingerprint density at radius 2 is 1.71 bits per heavy atom. The van der Waals surface area contributed by atoms with E-state index in [0.29, 0.717) is 35.7 Å². The summed E-state index contributed by atoms with van der Waals surface area (Å²) in [5.41, 5.74) is 1.76. The molecule has 0 N–H and O–H groups in total. The highest BCUT2D eigenvalue weighted by Crippen LogP contribution is 2.27. The zero-order valence-corrected chi connectivity index (χ0v) is 23.8. The number of hydrogen-bond acceptors (Lipinski definition) is 8. The topological polar surface area (TPSA) is 119 Å². The standard InChI is InChI=1S/C25H28N4O6S3/c1-5-29-22-13-12-20(37(31,32)27(2)3)17-21(22)26-23(29)14-15-24(30)35-19-10-8-18(9-11-19)28(4)38(33,34)25-7-6-16-36-25/h6-13,16-17H,5,14-15H2,1-4H3. The minimum Gasteiger partial charge on any atom is -0.427 e. The Kier molecular flexibility index (Phi) is 7.93. The first-order valence-corrected chi connectivity index (χ1v) is 15.5. The zero-order valence-electron chi connectivity index (χ0n) is 21.4. The van der Waals surface area contributed by atoms with Crippen LogP contribution in [0.25, 0.3) is 11.0 Å². The molecule has 4 aromatic rings. The number of carbonyl (C=O) groups excluding carboxylic acids is 1. The SMILES string of the molecule is CCn1c(CCC(=O)Oc2ccc(N(C)S(=O)(=O)c3cccs3)cc2)nc2cc(S(=O)(=O)N(C)C)ccc21. The van der Waals surface area contributed by atoms with Crippen molar-refractivity contribution in [2.24, 2.45) is 0 Å². The van der Waals surface area contributed by atoms with E-state index in [4.69, 9.17) is 4.74 Å². The number of aryl methyl sites for hydroxylation is 2. The number of anilines is 1. The molecule has 38 heavy (non-hydrogen) atoms. The fourth-order valence-corrected chi connectivity index (χ4v) is 7.16. The number of imidazole rings is 1. The van der Waals surface area contributed by atoms with E-state index in [9.17, 15) is 21.6 Å². The summed E-state index contributed by atoms with van der Waals surface area (Å²) in [4.78, 5) is 17.3. The van der Waals surface area contributed by atoms with Gasteiger partial charge in [-0.1, -0.05) is 6.07 Å². The summed E-state index contributed by atoms with van der Waals surface area (Å²) in [7, 11) is -2.84. The van der Waals surface area contributed by atoms with Crippen LogP contribution in [0.4, 0.5) is 5.69 Å². The van der Waals surface area contributed by atoms with E-state index in [1.807, 2.05) is 11.5 Å². The van der Waals surface area contributed by atoms with Crippen molar-refractivity contribution >= 4 is 54.1 Å². The van der Waals surface area contributed by atoms with E-state index >= 15 is 0 Å². The number of nitrogens with zero attached hydrogens (tertiary/aromatic N) is 4. The van der Waals surface area contributed by atoms with Gasteiger partial charge in [-0.3, -0.25) is 9.10 Å². The Hall–Kier alpha value is -3.26. The Balaban J connectivity index is 1.43. The van der Waals surface area contributed by atoms with Gasteiger partial charge in [-0.25, -0.2) is 26.1 Å². The molecular formula is C25H28N4O6S3. The second-order valence-electron chi connectivity index (χ2n) is 8.58. The molecule has 0 aliphatic heterocycles. The van der Waals surface area contributed by atoms with Crippen LogP contribution in [0.1, 0.15) is 19.2 Å². The van der Waals surface area contributed by atoms with Gasteiger partial charge in [-0.15, -0.1) is 11.3 Å². The molecule has 2 aromatic heterocycles. The number of benzene rings is 2. The Morgan fingerprint density at radius 1 is 1.00 bits per heavy atom. The fraction of sp³-hybridized carbons (Fsp3) is 0.280. The lowest BCUT2D eigenvalue weighted by Crippen LogP contribution is -2.25. The monoisotopic (exact) mass is 576 g/mol. The van der Waals surface area contributed by atoms with Gasteiger partial charge in [0.2, 0.25) is 10.0 Å². The molecule has 4 rings (SSSR count). The summed E-state index contributed by atoms with van der Waals surface area (Å²) in [6.07, 6.45) is 0.359. The number of esters is 1. The van der Waals surface area contributed by atoms with Crippen molar-refractivity contribution in [1.82, 2.24) is 13.9 Å². The molecule has 2 heterocycles. The molecule has 0 amide bonds. The van der Waals surface area contributed by atoms with Gasteiger partial charge in [-0.05, 0) is 60.8 Å². The smallest absolute Gasteiger partial charge is 0.311 e. The Labute approximate surface area is 226 Å². The maximum absolute atomic E-state index is 12.7. The minimum absolute atomic E-state index is 0.0561. The van der Waals surface area contributed by atoms with Gasteiger partial charge in [0.1, 0.15) is 15.8 Å². The van der Waals surface area contributed by atoms with Gasteiger partial charge in [-0.2, -0.15) is 0 Å². The molecule has 0 unspecified atom stereocenters. The number of rotatable bonds is 10. The average molecular weight is 577 g/mol. The van der Waals surface area contributed by atoms with Crippen molar-refractivity contribution in [3.8, 4) is 5.75 Å². The van der Waals surface area contributed by atoms with Crippen LogP contribution in [0.2, 0.25) is 0 Å². The highest BCUT2D eigenvalue weighted by Gasteiger charge is 2.23. The van der Waals surface area contributed by atoms with Crippen LogP contribution in [0.3, 0.4) is 0 Å². The lowest BCUT2D eigenvalue weighted by atomic mass is 10.3. The maximum Gasteiger partial charge on any atom is 0.311 e. The molecule has 0 saturated carbocycles. The number of carbonyl (C=O) groups is 1. The Bertz CT molecular complexity index is 1660. The quantitative estimate of drug-likeness (QED) is 0.208. The van der Waals surface area contributed by atoms with Crippen molar-refractivity contribution in [1.29, 1.82) is 0 Å². The number of thiophene rings is 1. The number of aromatic nitrogens is 2. The Morgan fingerprint density at radius 3 is 2.32 bits per heavy atom. The number of sulfonamides is 2. The van der Waals surface area contributed by atoms with E-state index in [-0.39, 0.29) is 15.5 Å². The molecule has 2 aromatic carbocycles. The minimum atomic E-state index is -3.66. The third-order valence-corrected chi connectivity index (χ3v) is 11.0. The molecule has 0 bridgehead atoms. The molecule has 0 saturated heterocycles. The van der Waals surface area contributed by atoms with Crippen molar-refractivity contribution in [2.75, 3.05) is 25.4 Å². The first kappa shape index (κ1) is 27.8. The molecule has 0 aliphatic rings. The number of hydrogen-bond donors (Lipinski definition) is 0. The molecular weight excluding hydrogens is 548 g/mol. The van der Waals surface area contributed by atoms with Crippen molar-refractivity contribution in [2.45, 2.75) is 35.4 Å². The molecule has 202 valence electrons. The van der Waals surface area contributed by atoms with E-state index in [2.05, 4.69) is 4.98 Å². The second kappa shape index (κ2) is 10.8. The summed E-state index contributed by atoms with van der Waals surface area (Å²) in [6.45, 7) is 2.55. The lowest BCUT2D eigenvalue weighted by Gasteiger charge is -2.18. The molecule has 0 fully saturated rings. The number of ether oxygens (including phenoxy) is 1. The predicted octanol–water partition coefficient (Wildman–Crippen LogP) is 3.73. The zero-order chi connectivity index (χ0) is 27.7. The van der Waals surface area contributed by atoms with Gasteiger partial charge >= 0.3 is 5.97 Å². The molecule has 10 nitrogen and oxygen atoms in total. The van der Waals surface area contributed by atoms with Gasteiger partial charge in [0.25, 0.3) is 10.0 Å². The van der Waals surface area contributed by atoms with Crippen LogP contribution >= 0.6 is 11.3 Å². The third-order valence-electron chi connectivity index (χ3n) is 5.99. The number of fused-ring (bicyclic) bond motifs is 1. The summed E-state index contributed by atoms with van der Waals surface area (Å²) < 4.78 is 60.3. The average Bonchev–Trinajstić information content (AvgIpc) is 3.55. The maximum atomic E-state index is 12.7. The van der Waals surface area contributed by atoms with Crippen LogP contribution in [0.5, 0.6) is 5.75 Å². The summed E-state index contributed by atoms with van der Waals surface area (Å²) in [5.74, 6) is 0.473. The van der Waals surface area contributed by atoms with Crippen molar-refractivity contribution in [3.63, 3.8) is 0 Å². The van der Waals surface area contributed by atoms with Crippen molar-refractivity contribution in [3.05, 3.63) is 65.8 Å². The first-order chi connectivity index (χ1) is 17.9. The summed E-state index contributed by atoms with van der Waals surface area (Å²) in [6, 6.07) is 14.3. The van der Waals surface area contributed by atoms with Crippen molar-refractivity contribution < 1.29 is 26.4 Å².